The Kier molecular flexibility index (Phi) is 6.13. The van der Waals surface area contributed by atoms with Crippen LogP contribution in [0.3, 0.4) is 0 Å². The molecule has 0 unspecified atom stereocenters. The van der Waals surface area contributed by atoms with Crippen LogP contribution in [0.4, 0.5) is 0 Å². The monoisotopic (exact) mass is 439 g/mol. The SMILES string of the molecule is COc1cc2ncn(CCCC(=O)OCc3nc4ccccc4s3)c(=O)c2cc1OC. The summed E-state index contributed by atoms with van der Waals surface area (Å²) in [6.07, 6.45) is 2.13. The first kappa shape index (κ1) is 20.8. The van der Waals surface area contributed by atoms with Crippen LogP contribution in [0.2, 0.25) is 0 Å². The van der Waals surface area contributed by atoms with Gasteiger partial charge in [-0.3, -0.25) is 14.2 Å². The maximum absolute atomic E-state index is 12.8. The van der Waals surface area contributed by atoms with Crippen molar-refractivity contribution < 1.29 is 19.0 Å². The molecule has 0 spiro atoms. The van der Waals surface area contributed by atoms with Gasteiger partial charge in [0.05, 0.1) is 41.7 Å². The van der Waals surface area contributed by atoms with Crippen molar-refractivity contribution in [2.45, 2.75) is 26.0 Å². The van der Waals surface area contributed by atoms with Gasteiger partial charge >= 0.3 is 5.97 Å². The molecule has 0 radical (unpaired) electrons. The highest BCUT2D eigenvalue weighted by Crippen LogP contribution is 2.29. The minimum atomic E-state index is -0.326. The van der Waals surface area contributed by atoms with Gasteiger partial charge in [0, 0.05) is 19.0 Å². The molecule has 0 bridgehead atoms. The topological polar surface area (TPSA) is 92.5 Å². The van der Waals surface area contributed by atoms with Gasteiger partial charge in [-0.05, 0) is 24.6 Å². The number of thiazole rings is 1. The van der Waals surface area contributed by atoms with E-state index >= 15 is 0 Å². The third kappa shape index (κ3) is 4.51. The number of nitrogens with zero attached hydrogens (tertiary/aromatic N) is 3. The van der Waals surface area contributed by atoms with Crippen molar-refractivity contribution >= 4 is 38.4 Å². The van der Waals surface area contributed by atoms with Gasteiger partial charge in [0.25, 0.3) is 5.56 Å². The molecule has 31 heavy (non-hydrogen) atoms. The van der Waals surface area contributed by atoms with E-state index in [1.807, 2.05) is 24.3 Å². The smallest absolute Gasteiger partial charge is 0.306 e. The third-order valence-electron chi connectivity index (χ3n) is 4.80. The van der Waals surface area contributed by atoms with E-state index in [1.165, 1.54) is 36.5 Å². The molecule has 0 aliphatic heterocycles. The standard InChI is InChI=1S/C22H21N3O5S/c1-28-17-10-14-16(11-18(17)29-2)23-13-25(22(14)27)9-5-8-21(26)30-12-20-24-15-6-3-4-7-19(15)31-20/h3-4,6-7,10-11,13H,5,8-9,12H2,1-2H3. The van der Waals surface area contributed by atoms with E-state index in [-0.39, 0.29) is 24.6 Å². The summed E-state index contributed by atoms with van der Waals surface area (Å²) in [5, 5.41) is 1.19. The van der Waals surface area contributed by atoms with Crippen LogP contribution in [-0.4, -0.2) is 34.7 Å². The van der Waals surface area contributed by atoms with Crippen LogP contribution in [0.1, 0.15) is 17.8 Å². The molecule has 0 amide bonds. The Balaban J connectivity index is 1.35. The van der Waals surface area contributed by atoms with E-state index in [0.29, 0.717) is 35.4 Å². The average molecular weight is 439 g/mol. The molecule has 8 nitrogen and oxygen atoms in total. The van der Waals surface area contributed by atoms with E-state index in [1.54, 1.807) is 12.1 Å². The quantitative estimate of drug-likeness (QED) is 0.388. The maximum Gasteiger partial charge on any atom is 0.306 e. The first-order chi connectivity index (χ1) is 15.1. The van der Waals surface area contributed by atoms with E-state index in [2.05, 4.69) is 9.97 Å². The second-order valence-electron chi connectivity index (χ2n) is 6.81. The highest BCUT2D eigenvalue weighted by molar-refractivity contribution is 7.18. The van der Waals surface area contributed by atoms with E-state index < -0.39 is 0 Å². The molecule has 9 heteroatoms. The van der Waals surface area contributed by atoms with Crippen LogP contribution in [0, 0.1) is 0 Å². The lowest BCUT2D eigenvalue weighted by Crippen LogP contribution is -2.21. The Labute approximate surface area is 182 Å². The Hall–Kier alpha value is -3.46. The zero-order valence-corrected chi connectivity index (χ0v) is 18.0. The minimum Gasteiger partial charge on any atom is -0.493 e. The van der Waals surface area contributed by atoms with Crippen molar-refractivity contribution in [3.8, 4) is 11.5 Å². The Morgan fingerprint density at radius 3 is 2.65 bits per heavy atom. The molecule has 4 rings (SSSR count). The van der Waals surface area contributed by atoms with Gasteiger partial charge in [0.2, 0.25) is 0 Å². The molecule has 2 aromatic heterocycles. The lowest BCUT2D eigenvalue weighted by Gasteiger charge is -2.10. The molecular formula is C22H21N3O5S. The van der Waals surface area contributed by atoms with Crippen molar-refractivity contribution in [3.63, 3.8) is 0 Å². The molecule has 2 aromatic carbocycles. The molecule has 2 heterocycles. The number of carbonyl (C=O) groups is 1. The molecular weight excluding hydrogens is 418 g/mol. The average Bonchev–Trinajstić information content (AvgIpc) is 3.21. The number of para-hydroxylation sites is 1. The van der Waals surface area contributed by atoms with Crippen molar-refractivity contribution in [1.82, 2.24) is 14.5 Å². The largest absolute Gasteiger partial charge is 0.493 e. The molecule has 4 aromatic rings. The summed E-state index contributed by atoms with van der Waals surface area (Å²) >= 11 is 1.51. The van der Waals surface area contributed by atoms with E-state index in [9.17, 15) is 9.59 Å². The number of rotatable bonds is 8. The first-order valence-corrected chi connectivity index (χ1v) is 10.5. The first-order valence-electron chi connectivity index (χ1n) is 9.70. The van der Waals surface area contributed by atoms with Crippen LogP contribution in [0.5, 0.6) is 11.5 Å². The lowest BCUT2D eigenvalue weighted by molar-refractivity contribution is -0.145. The Morgan fingerprint density at radius 1 is 1.10 bits per heavy atom. The van der Waals surface area contributed by atoms with Crippen LogP contribution in [0.25, 0.3) is 21.1 Å². The number of aromatic nitrogens is 3. The highest BCUT2D eigenvalue weighted by Gasteiger charge is 2.12. The zero-order chi connectivity index (χ0) is 21.8. The van der Waals surface area contributed by atoms with Gasteiger partial charge < -0.3 is 14.2 Å². The summed E-state index contributed by atoms with van der Waals surface area (Å²) in [5.74, 6) is 0.646. The van der Waals surface area contributed by atoms with Gasteiger partial charge in [-0.15, -0.1) is 11.3 Å². The van der Waals surface area contributed by atoms with Gasteiger partial charge in [-0.25, -0.2) is 9.97 Å². The zero-order valence-electron chi connectivity index (χ0n) is 17.2. The number of esters is 1. The van der Waals surface area contributed by atoms with Crippen LogP contribution in [0.15, 0.2) is 47.5 Å². The highest BCUT2D eigenvalue weighted by atomic mass is 32.1. The summed E-state index contributed by atoms with van der Waals surface area (Å²) in [4.78, 5) is 33.6. The van der Waals surface area contributed by atoms with Gasteiger partial charge in [0.1, 0.15) is 11.6 Å². The van der Waals surface area contributed by atoms with Crippen molar-refractivity contribution in [1.29, 1.82) is 0 Å². The number of ether oxygens (including phenoxy) is 3. The molecule has 0 fully saturated rings. The summed E-state index contributed by atoms with van der Waals surface area (Å²) in [7, 11) is 3.04. The second-order valence-corrected chi connectivity index (χ2v) is 7.92. The van der Waals surface area contributed by atoms with Gasteiger partial charge in [-0.1, -0.05) is 12.1 Å². The summed E-state index contributed by atoms with van der Waals surface area (Å²) in [6, 6.07) is 11.1. The number of hydrogen-bond donors (Lipinski definition) is 0. The molecule has 0 N–H and O–H groups in total. The van der Waals surface area contributed by atoms with Gasteiger partial charge in [-0.2, -0.15) is 0 Å². The van der Waals surface area contributed by atoms with Crippen LogP contribution >= 0.6 is 11.3 Å². The third-order valence-corrected chi connectivity index (χ3v) is 5.81. The number of carbonyl (C=O) groups excluding carboxylic acids is 1. The summed E-state index contributed by atoms with van der Waals surface area (Å²) in [6.45, 7) is 0.504. The van der Waals surface area contributed by atoms with E-state index in [0.717, 1.165) is 15.2 Å². The minimum absolute atomic E-state index is 0.150. The number of methoxy groups -OCH3 is 2. The Bertz CT molecular complexity index is 1260. The molecule has 0 aliphatic carbocycles. The molecule has 0 saturated heterocycles. The second kappa shape index (κ2) is 9.13. The normalized spacial score (nSPS) is 11.0. The number of aryl methyl sites for hydroxylation is 1. The predicted octanol–water partition coefficient (Wildman–Crippen LogP) is 3.55. The fraction of sp³-hybridized carbons (Fsp3) is 0.273. The number of hydrogen-bond acceptors (Lipinski definition) is 8. The molecule has 160 valence electrons. The lowest BCUT2D eigenvalue weighted by atomic mass is 10.2. The summed E-state index contributed by atoms with van der Waals surface area (Å²) < 4.78 is 18.4. The van der Waals surface area contributed by atoms with Crippen LogP contribution in [-0.2, 0) is 22.7 Å². The predicted molar refractivity (Wildman–Crippen MR) is 118 cm³/mol. The van der Waals surface area contributed by atoms with Gasteiger partial charge in [0.15, 0.2) is 11.5 Å². The molecule has 0 saturated carbocycles. The molecule has 0 aliphatic rings. The molecule has 0 atom stereocenters. The van der Waals surface area contributed by atoms with Crippen LogP contribution < -0.4 is 15.0 Å². The fourth-order valence-corrected chi connectivity index (χ4v) is 4.12. The Morgan fingerprint density at radius 2 is 1.87 bits per heavy atom. The van der Waals surface area contributed by atoms with Crippen molar-refractivity contribution in [2.24, 2.45) is 0 Å². The van der Waals surface area contributed by atoms with E-state index in [4.69, 9.17) is 14.2 Å². The van der Waals surface area contributed by atoms with Crippen molar-refractivity contribution in [2.75, 3.05) is 14.2 Å². The maximum atomic E-state index is 12.8. The number of fused-ring (bicyclic) bond motifs is 2. The number of benzene rings is 2. The van der Waals surface area contributed by atoms with Crippen molar-refractivity contribution in [3.05, 3.63) is 58.1 Å². The fourth-order valence-electron chi connectivity index (χ4n) is 3.23. The summed E-state index contributed by atoms with van der Waals surface area (Å²) in [5.41, 5.74) is 1.22.